The van der Waals surface area contributed by atoms with Gasteiger partial charge in [0.15, 0.2) is 0 Å². The lowest BCUT2D eigenvalue weighted by Gasteiger charge is -2.30. The van der Waals surface area contributed by atoms with Crippen molar-refractivity contribution < 1.29 is 24.5 Å². The van der Waals surface area contributed by atoms with Crippen LogP contribution in [0.4, 0.5) is 0 Å². The van der Waals surface area contributed by atoms with E-state index in [4.69, 9.17) is 4.89 Å². The van der Waals surface area contributed by atoms with Crippen molar-refractivity contribution in [2.24, 2.45) is 0 Å². The molecule has 1 unspecified atom stereocenters. The molecule has 6 nitrogen and oxygen atoms in total. The monoisotopic (exact) mass is 321 g/mol. The molecule has 23 heavy (non-hydrogen) atoms. The third-order valence-electron chi connectivity index (χ3n) is 4.38. The Balaban J connectivity index is 2.31. The number of amides is 1. The minimum Gasteiger partial charge on any atom is -0.508 e. The van der Waals surface area contributed by atoms with Crippen LogP contribution in [-0.2, 0) is 24.8 Å². The molecule has 2 rings (SSSR count). The molecular formula is C17H23NO5. The van der Waals surface area contributed by atoms with E-state index < -0.39 is 5.41 Å². The van der Waals surface area contributed by atoms with Gasteiger partial charge in [0.2, 0.25) is 5.91 Å². The standard InChI is InChI=1S/C17H23NO5/c1-12(11-23-22-3)18-9-8-17(16(18)21,10-13(2)19)14-4-6-15(20)7-5-14/h4-7,12,20H,8-11H2,1-3H3/t12-,17?/m1/s1. The molecule has 1 amide bonds. The van der Waals surface area contributed by atoms with E-state index in [-0.39, 0.29) is 36.5 Å². The molecule has 1 fully saturated rings. The predicted molar refractivity (Wildman–Crippen MR) is 83.8 cm³/mol. The molecule has 1 aromatic rings. The number of phenols is 1. The number of nitrogens with zero attached hydrogens (tertiary/aromatic N) is 1. The predicted octanol–water partition coefficient (Wildman–Crippen LogP) is 1.81. The van der Waals surface area contributed by atoms with Gasteiger partial charge in [-0.05, 0) is 38.0 Å². The Bertz CT molecular complexity index is 571. The van der Waals surface area contributed by atoms with Gasteiger partial charge in [0.25, 0.3) is 0 Å². The van der Waals surface area contributed by atoms with Crippen molar-refractivity contribution in [3.63, 3.8) is 0 Å². The zero-order valence-corrected chi connectivity index (χ0v) is 13.7. The first-order chi connectivity index (χ1) is 10.9. The highest BCUT2D eigenvalue weighted by atomic mass is 17.2. The van der Waals surface area contributed by atoms with Gasteiger partial charge in [0, 0.05) is 13.0 Å². The third kappa shape index (κ3) is 3.54. The summed E-state index contributed by atoms with van der Waals surface area (Å²) >= 11 is 0. The summed E-state index contributed by atoms with van der Waals surface area (Å²) in [7, 11) is 1.43. The summed E-state index contributed by atoms with van der Waals surface area (Å²) in [6.45, 7) is 4.21. The van der Waals surface area contributed by atoms with E-state index >= 15 is 0 Å². The second kappa shape index (κ2) is 7.10. The average molecular weight is 321 g/mol. The normalized spacial score (nSPS) is 22.4. The maximum atomic E-state index is 13.1. The fourth-order valence-electron chi connectivity index (χ4n) is 3.21. The molecule has 1 heterocycles. The van der Waals surface area contributed by atoms with E-state index in [1.807, 2.05) is 6.92 Å². The van der Waals surface area contributed by atoms with Crippen LogP contribution in [0.15, 0.2) is 24.3 Å². The van der Waals surface area contributed by atoms with Gasteiger partial charge in [-0.3, -0.25) is 9.59 Å². The first-order valence-electron chi connectivity index (χ1n) is 7.66. The summed E-state index contributed by atoms with van der Waals surface area (Å²) in [6.07, 6.45) is 0.721. The summed E-state index contributed by atoms with van der Waals surface area (Å²) in [4.78, 5) is 36.1. The van der Waals surface area contributed by atoms with Crippen molar-refractivity contribution in [2.75, 3.05) is 20.3 Å². The summed E-state index contributed by atoms with van der Waals surface area (Å²) in [6, 6.07) is 6.38. The number of hydrogen-bond donors (Lipinski definition) is 1. The molecule has 0 aromatic heterocycles. The van der Waals surface area contributed by atoms with Gasteiger partial charge in [-0.1, -0.05) is 12.1 Å². The molecular weight excluding hydrogens is 298 g/mol. The zero-order chi connectivity index (χ0) is 17.0. The van der Waals surface area contributed by atoms with Crippen LogP contribution in [0.3, 0.4) is 0 Å². The lowest BCUT2D eigenvalue weighted by Crippen LogP contribution is -2.44. The summed E-state index contributed by atoms with van der Waals surface area (Å²) in [5, 5.41) is 9.48. The average Bonchev–Trinajstić information content (AvgIpc) is 2.83. The van der Waals surface area contributed by atoms with Gasteiger partial charge < -0.3 is 10.0 Å². The van der Waals surface area contributed by atoms with Gasteiger partial charge in [-0.2, -0.15) is 0 Å². The van der Waals surface area contributed by atoms with Crippen LogP contribution in [0.25, 0.3) is 0 Å². The fourth-order valence-corrected chi connectivity index (χ4v) is 3.21. The van der Waals surface area contributed by atoms with Crippen LogP contribution in [0, 0.1) is 0 Å². The molecule has 0 radical (unpaired) electrons. The number of carbonyl (C=O) groups is 2. The molecule has 0 spiro atoms. The van der Waals surface area contributed by atoms with E-state index in [1.165, 1.54) is 14.0 Å². The Morgan fingerprint density at radius 1 is 1.39 bits per heavy atom. The van der Waals surface area contributed by atoms with Crippen molar-refractivity contribution in [1.82, 2.24) is 4.90 Å². The maximum absolute atomic E-state index is 13.1. The van der Waals surface area contributed by atoms with Crippen molar-refractivity contribution in [3.8, 4) is 5.75 Å². The Hall–Kier alpha value is -1.92. The van der Waals surface area contributed by atoms with Gasteiger partial charge >= 0.3 is 0 Å². The number of phenolic OH excluding ortho intramolecular Hbond substituents is 1. The molecule has 1 N–H and O–H groups in total. The SMILES string of the molecule is COOC[C@@H](C)N1CCC(CC(C)=O)(c2ccc(O)cc2)C1=O. The number of carbonyl (C=O) groups excluding carboxylic acids is 2. The van der Waals surface area contributed by atoms with Gasteiger partial charge in [0.1, 0.15) is 18.1 Å². The number of likely N-dealkylation sites (tertiary alicyclic amines) is 1. The smallest absolute Gasteiger partial charge is 0.234 e. The van der Waals surface area contributed by atoms with Crippen molar-refractivity contribution >= 4 is 11.7 Å². The third-order valence-corrected chi connectivity index (χ3v) is 4.38. The summed E-state index contributed by atoms with van der Waals surface area (Å²) in [5.41, 5.74) is -0.0983. The first kappa shape index (κ1) is 17.4. The quantitative estimate of drug-likeness (QED) is 0.612. The molecule has 0 saturated carbocycles. The van der Waals surface area contributed by atoms with E-state index in [2.05, 4.69) is 4.89 Å². The van der Waals surface area contributed by atoms with Crippen LogP contribution in [0.5, 0.6) is 5.75 Å². The zero-order valence-electron chi connectivity index (χ0n) is 13.7. The van der Waals surface area contributed by atoms with Gasteiger partial charge in [-0.25, -0.2) is 9.78 Å². The molecule has 0 bridgehead atoms. The number of aromatic hydroxyl groups is 1. The molecule has 1 aliphatic heterocycles. The van der Waals surface area contributed by atoms with E-state index in [0.717, 1.165) is 5.56 Å². The van der Waals surface area contributed by atoms with Gasteiger partial charge in [-0.15, -0.1) is 0 Å². The Morgan fingerprint density at radius 3 is 2.61 bits per heavy atom. The maximum Gasteiger partial charge on any atom is 0.234 e. The van der Waals surface area contributed by atoms with Crippen LogP contribution in [0.2, 0.25) is 0 Å². The first-order valence-corrected chi connectivity index (χ1v) is 7.66. The van der Waals surface area contributed by atoms with E-state index in [1.54, 1.807) is 29.2 Å². The largest absolute Gasteiger partial charge is 0.508 e. The Morgan fingerprint density at radius 2 is 2.04 bits per heavy atom. The fraction of sp³-hybridized carbons (Fsp3) is 0.529. The van der Waals surface area contributed by atoms with E-state index in [9.17, 15) is 14.7 Å². The molecule has 0 aliphatic carbocycles. The topological polar surface area (TPSA) is 76.1 Å². The highest BCUT2D eigenvalue weighted by Crippen LogP contribution is 2.40. The van der Waals surface area contributed by atoms with Crippen molar-refractivity contribution in [3.05, 3.63) is 29.8 Å². The number of benzene rings is 1. The second-order valence-corrected chi connectivity index (χ2v) is 6.06. The summed E-state index contributed by atoms with van der Waals surface area (Å²) < 4.78 is 0. The minimum atomic E-state index is -0.860. The number of ketones is 1. The van der Waals surface area contributed by atoms with Crippen LogP contribution < -0.4 is 0 Å². The van der Waals surface area contributed by atoms with Gasteiger partial charge in [0.05, 0.1) is 18.6 Å². The molecule has 2 atom stereocenters. The lowest BCUT2D eigenvalue weighted by atomic mass is 9.75. The highest BCUT2D eigenvalue weighted by molar-refractivity contribution is 5.95. The van der Waals surface area contributed by atoms with Crippen LogP contribution >= 0.6 is 0 Å². The highest BCUT2D eigenvalue weighted by Gasteiger charge is 2.49. The van der Waals surface area contributed by atoms with Crippen LogP contribution in [0.1, 0.15) is 32.3 Å². The van der Waals surface area contributed by atoms with Crippen molar-refractivity contribution in [2.45, 2.75) is 38.1 Å². The second-order valence-electron chi connectivity index (χ2n) is 6.06. The molecule has 1 saturated heterocycles. The summed E-state index contributed by atoms with van der Waals surface area (Å²) in [5.74, 6) is 0.0237. The number of Topliss-reactive ketones (excluding diaryl/α,β-unsaturated/α-hetero) is 1. The molecule has 6 heteroatoms. The molecule has 1 aromatic carbocycles. The molecule has 1 aliphatic rings. The lowest BCUT2D eigenvalue weighted by molar-refractivity contribution is -0.278. The molecule has 126 valence electrons. The Labute approximate surface area is 135 Å². The number of rotatable bonds is 7. The Kier molecular flexibility index (Phi) is 5.38. The van der Waals surface area contributed by atoms with Crippen molar-refractivity contribution in [1.29, 1.82) is 0 Å². The number of hydrogen-bond acceptors (Lipinski definition) is 5. The van der Waals surface area contributed by atoms with Crippen LogP contribution in [-0.4, -0.2) is 48.0 Å². The van der Waals surface area contributed by atoms with E-state index in [0.29, 0.717) is 13.0 Å². The minimum absolute atomic E-state index is 0.0333.